The fourth-order valence-corrected chi connectivity index (χ4v) is 3.84. The fraction of sp³-hybridized carbons (Fsp3) is 0.200. The first kappa shape index (κ1) is 19.6. The average Bonchev–Trinajstić information content (AvgIpc) is 2.69. The van der Waals surface area contributed by atoms with E-state index in [2.05, 4.69) is 10.3 Å². The molecule has 1 aliphatic heterocycles. The van der Waals surface area contributed by atoms with Gasteiger partial charge in [0.1, 0.15) is 5.25 Å². The van der Waals surface area contributed by atoms with E-state index in [9.17, 15) is 19.5 Å². The summed E-state index contributed by atoms with van der Waals surface area (Å²) < 4.78 is 0. The number of aliphatic imine (C=N–C) groups is 1. The lowest BCUT2D eigenvalue weighted by molar-refractivity contribution is -0.255. The van der Waals surface area contributed by atoms with E-state index in [1.807, 2.05) is 37.3 Å². The van der Waals surface area contributed by atoms with Gasteiger partial charge in [0.05, 0.1) is 11.7 Å². The van der Waals surface area contributed by atoms with Crippen molar-refractivity contribution in [2.24, 2.45) is 4.99 Å². The van der Waals surface area contributed by atoms with Crippen LogP contribution in [0.5, 0.6) is 0 Å². The molecular formula is C20H18N3O4S-. The molecule has 3 rings (SSSR count). The van der Waals surface area contributed by atoms with E-state index in [4.69, 9.17) is 0 Å². The van der Waals surface area contributed by atoms with Crippen LogP contribution in [0.25, 0.3) is 0 Å². The Hall–Kier alpha value is -3.13. The Balaban J connectivity index is 1.76. The maximum absolute atomic E-state index is 12.6. The summed E-state index contributed by atoms with van der Waals surface area (Å²) in [4.78, 5) is 42.0. The lowest BCUT2D eigenvalue weighted by Gasteiger charge is -2.30. The van der Waals surface area contributed by atoms with Crippen molar-refractivity contribution in [1.82, 2.24) is 4.90 Å². The topological polar surface area (TPSA) is 102 Å². The summed E-state index contributed by atoms with van der Waals surface area (Å²) in [5, 5.41) is 13.4. The molecule has 144 valence electrons. The SMILES string of the molecule is CCN1C(=O)C[C@@H](C(=O)Nc2ccc(C(=O)[O-])cc2)SC1=Nc1ccccc1. The second-order valence-corrected chi connectivity index (χ2v) is 7.20. The van der Waals surface area contributed by atoms with Crippen LogP contribution in [-0.4, -0.2) is 39.6 Å². The van der Waals surface area contributed by atoms with E-state index < -0.39 is 11.2 Å². The number of carboxylic acid groups (broad SMARTS) is 1. The Morgan fingerprint density at radius 1 is 1.18 bits per heavy atom. The number of nitrogens with zero attached hydrogens (tertiary/aromatic N) is 2. The lowest BCUT2D eigenvalue weighted by atomic mass is 10.2. The van der Waals surface area contributed by atoms with E-state index >= 15 is 0 Å². The highest BCUT2D eigenvalue weighted by atomic mass is 32.2. The zero-order valence-corrected chi connectivity index (χ0v) is 15.9. The van der Waals surface area contributed by atoms with Crippen molar-refractivity contribution in [2.75, 3.05) is 11.9 Å². The number of carbonyl (C=O) groups excluding carboxylic acids is 3. The maximum Gasteiger partial charge on any atom is 0.238 e. The van der Waals surface area contributed by atoms with Gasteiger partial charge in [-0.2, -0.15) is 0 Å². The van der Waals surface area contributed by atoms with Crippen LogP contribution in [-0.2, 0) is 9.59 Å². The number of carboxylic acids is 1. The third kappa shape index (κ3) is 4.58. The van der Waals surface area contributed by atoms with Crippen molar-refractivity contribution in [3.63, 3.8) is 0 Å². The lowest BCUT2D eigenvalue weighted by Crippen LogP contribution is -2.45. The molecule has 7 nitrogen and oxygen atoms in total. The van der Waals surface area contributed by atoms with E-state index in [-0.39, 0.29) is 23.8 Å². The van der Waals surface area contributed by atoms with Crippen LogP contribution in [0.3, 0.4) is 0 Å². The number of aromatic carboxylic acids is 1. The molecular weight excluding hydrogens is 378 g/mol. The first-order valence-corrected chi connectivity index (χ1v) is 9.59. The first-order valence-electron chi connectivity index (χ1n) is 8.71. The van der Waals surface area contributed by atoms with Crippen LogP contribution >= 0.6 is 11.8 Å². The molecule has 0 unspecified atom stereocenters. The maximum atomic E-state index is 12.6. The highest BCUT2D eigenvalue weighted by molar-refractivity contribution is 8.15. The highest BCUT2D eigenvalue weighted by Crippen LogP contribution is 2.29. The minimum Gasteiger partial charge on any atom is -0.545 e. The number of benzene rings is 2. The average molecular weight is 396 g/mol. The largest absolute Gasteiger partial charge is 0.545 e. The second kappa shape index (κ2) is 8.71. The summed E-state index contributed by atoms with van der Waals surface area (Å²) >= 11 is 1.24. The summed E-state index contributed by atoms with van der Waals surface area (Å²) in [6.45, 7) is 2.33. The van der Waals surface area contributed by atoms with Crippen LogP contribution in [0.1, 0.15) is 23.7 Å². The third-order valence-electron chi connectivity index (χ3n) is 4.12. The van der Waals surface area contributed by atoms with Crippen molar-refractivity contribution in [1.29, 1.82) is 0 Å². The molecule has 28 heavy (non-hydrogen) atoms. The van der Waals surface area contributed by atoms with Crippen molar-refractivity contribution in [2.45, 2.75) is 18.6 Å². The molecule has 2 amide bonds. The number of rotatable bonds is 5. The summed E-state index contributed by atoms with van der Waals surface area (Å²) in [5.74, 6) is -1.79. The molecule has 2 aromatic rings. The van der Waals surface area contributed by atoms with Crippen LogP contribution in [0.15, 0.2) is 59.6 Å². The third-order valence-corrected chi connectivity index (χ3v) is 5.31. The number of thioether (sulfide) groups is 1. The Kier molecular flexibility index (Phi) is 6.10. The molecule has 1 N–H and O–H groups in total. The number of para-hydroxylation sites is 1. The Bertz CT molecular complexity index is 913. The predicted octanol–water partition coefficient (Wildman–Crippen LogP) is 2.03. The van der Waals surface area contributed by atoms with Crippen molar-refractivity contribution in [3.8, 4) is 0 Å². The highest BCUT2D eigenvalue weighted by Gasteiger charge is 2.35. The van der Waals surface area contributed by atoms with Crippen LogP contribution in [0.4, 0.5) is 11.4 Å². The molecule has 1 heterocycles. The molecule has 2 aromatic carbocycles. The zero-order valence-electron chi connectivity index (χ0n) is 15.1. The standard InChI is InChI=1S/C20H19N3O4S/c1-2-23-17(24)12-16(28-20(23)22-14-6-4-3-5-7-14)18(25)21-15-10-8-13(9-11-15)19(26)27/h3-11,16H,2,12H2,1H3,(H,21,25)(H,26,27)/p-1/t16-/m0/s1. The Labute approximate surface area is 166 Å². The van der Waals surface area contributed by atoms with Crippen molar-refractivity contribution in [3.05, 3.63) is 60.2 Å². The van der Waals surface area contributed by atoms with Crippen LogP contribution < -0.4 is 10.4 Å². The predicted molar refractivity (Wildman–Crippen MR) is 106 cm³/mol. The fourth-order valence-electron chi connectivity index (χ4n) is 2.68. The van der Waals surface area contributed by atoms with Gasteiger partial charge in [-0.15, -0.1) is 0 Å². The molecule has 1 aliphatic rings. The van der Waals surface area contributed by atoms with Gasteiger partial charge < -0.3 is 15.2 Å². The van der Waals surface area contributed by atoms with E-state index in [1.165, 1.54) is 36.0 Å². The van der Waals surface area contributed by atoms with Gasteiger partial charge in [0.25, 0.3) is 0 Å². The number of hydrogen-bond acceptors (Lipinski definition) is 6. The van der Waals surface area contributed by atoms with Gasteiger partial charge in [-0.1, -0.05) is 42.1 Å². The molecule has 0 bridgehead atoms. The molecule has 0 spiro atoms. The number of amidine groups is 1. The molecule has 1 saturated heterocycles. The van der Waals surface area contributed by atoms with E-state index in [0.29, 0.717) is 23.1 Å². The molecule has 0 saturated carbocycles. The Morgan fingerprint density at radius 3 is 2.46 bits per heavy atom. The van der Waals surface area contributed by atoms with Crippen molar-refractivity contribution >= 4 is 46.1 Å². The molecule has 1 fully saturated rings. The minimum atomic E-state index is -1.28. The van der Waals surface area contributed by atoms with Gasteiger partial charge in [-0.05, 0) is 36.8 Å². The molecule has 8 heteroatoms. The Morgan fingerprint density at radius 2 is 1.86 bits per heavy atom. The summed E-state index contributed by atoms with van der Waals surface area (Å²) in [6.07, 6.45) is 0.0648. The summed E-state index contributed by atoms with van der Waals surface area (Å²) in [7, 11) is 0. The molecule has 0 aliphatic carbocycles. The van der Waals surface area contributed by atoms with E-state index in [1.54, 1.807) is 4.90 Å². The minimum absolute atomic E-state index is 0.0242. The van der Waals surface area contributed by atoms with Gasteiger partial charge in [0.2, 0.25) is 11.8 Å². The molecule has 0 radical (unpaired) electrons. The normalized spacial score (nSPS) is 18.2. The second-order valence-electron chi connectivity index (χ2n) is 6.03. The number of amides is 2. The number of hydrogen-bond donors (Lipinski definition) is 1. The van der Waals surface area contributed by atoms with Gasteiger partial charge >= 0.3 is 0 Å². The summed E-state index contributed by atoms with van der Waals surface area (Å²) in [5.41, 5.74) is 1.17. The van der Waals surface area contributed by atoms with Gasteiger partial charge in [0.15, 0.2) is 5.17 Å². The smallest absolute Gasteiger partial charge is 0.238 e. The van der Waals surface area contributed by atoms with Crippen LogP contribution in [0.2, 0.25) is 0 Å². The van der Waals surface area contributed by atoms with Gasteiger partial charge in [-0.3, -0.25) is 14.5 Å². The quantitative estimate of drug-likeness (QED) is 0.833. The van der Waals surface area contributed by atoms with Gasteiger partial charge in [0, 0.05) is 18.7 Å². The zero-order chi connectivity index (χ0) is 20.1. The number of anilines is 1. The van der Waals surface area contributed by atoms with E-state index in [0.717, 1.165) is 0 Å². The molecule has 1 atom stereocenters. The monoisotopic (exact) mass is 396 g/mol. The van der Waals surface area contributed by atoms with Crippen molar-refractivity contribution < 1.29 is 19.5 Å². The van der Waals surface area contributed by atoms with Crippen LogP contribution in [0, 0.1) is 0 Å². The summed E-state index contributed by atoms with van der Waals surface area (Å²) in [6, 6.07) is 14.9. The van der Waals surface area contributed by atoms with Gasteiger partial charge in [-0.25, -0.2) is 4.99 Å². The molecule has 0 aromatic heterocycles. The number of carbonyl (C=O) groups is 3. The number of nitrogens with one attached hydrogen (secondary N) is 1. The first-order chi connectivity index (χ1) is 13.5.